The van der Waals surface area contributed by atoms with Crippen molar-refractivity contribution in [3.63, 3.8) is 0 Å². The molecule has 0 saturated carbocycles. The van der Waals surface area contributed by atoms with Crippen LogP contribution in [0.5, 0.6) is 0 Å². The number of hydrogen-bond acceptors (Lipinski definition) is 4. The Hall–Kier alpha value is -2.58. The predicted molar refractivity (Wildman–Crippen MR) is 137 cm³/mol. The third-order valence-electron chi connectivity index (χ3n) is 5.65. The second kappa shape index (κ2) is 12.2. The standard InChI is InChI=1S/C25H34ClN3O4S/c1-6-19(4)27-25(31)23(7-2)28(16-20-10-8-18(3)9-11-20)24(30)17-29(34(5,32)33)22-14-12-21(26)13-15-22/h8-15,19,23H,6-7,16-17H2,1-5H3,(H,27,31). The van der Waals surface area contributed by atoms with Gasteiger partial charge in [0.05, 0.1) is 11.9 Å². The van der Waals surface area contributed by atoms with Gasteiger partial charge in [0.25, 0.3) is 0 Å². The molecule has 2 unspecified atom stereocenters. The van der Waals surface area contributed by atoms with Gasteiger partial charge in [-0.3, -0.25) is 13.9 Å². The Labute approximate surface area is 208 Å². The molecule has 2 aromatic rings. The van der Waals surface area contributed by atoms with E-state index in [-0.39, 0.29) is 18.5 Å². The Balaban J connectivity index is 2.41. The number of carbonyl (C=O) groups excluding carboxylic acids is 2. The van der Waals surface area contributed by atoms with Gasteiger partial charge in [-0.05, 0) is 56.5 Å². The summed E-state index contributed by atoms with van der Waals surface area (Å²) >= 11 is 5.95. The lowest BCUT2D eigenvalue weighted by Crippen LogP contribution is -2.53. The fraction of sp³-hybridized carbons (Fsp3) is 0.440. The molecule has 7 nitrogen and oxygen atoms in total. The highest BCUT2D eigenvalue weighted by Crippen LogP contribution is 2.22. The molecule has 1 N–H and O–H groups in total. The number of nitrogens with zero attached hydrogens (tertiary/aromatic N) is 2. The number of sulfonamides is 1. The third kappa shape index (κ3) is 7.74. The minimum absolute atomic E-state index is 0.0422. The summed E-state index contributed by atoms with van der Waals surface area (Å²) in [5.74, 6) is -0.721. The molecule has 0 saturated heterocycles. The maximum atomic E-state index is 13.6. The van der Waals surface area contributed by atoms with Crippen LogP contribution >= 0.6 is 11.6 Å². The van der Waals surface area contributed by atoms with Crippen LogP contribution in [0, 0.1) is 6.92 Å². The molecule has 0 bridgehead atoms. The molecule has 186 valence electrons. The molecular formula is C25H34ClN3O4S. The molecule has 2 atom stereocenters. The predicted octanol–water partition coefficient (Wildman–Crippen LogP) is 4.14. The van der Waals surface area contributed by atoms with Crippen LogP contribution in [-0.2, 0) is 26.2 Å². The van der Waals surface area contributed by atoms with Crippen LogP contribution in [0.15, 0.2) is 48.5 Å². The molecule has 0 aliphatic heterocycles. The van der Waals surface area contributed by atoms with Crippen LogP contribution in [0.4, 0.5) is 5.69 Å². The lowest BCUT2D eigenvalue weighted by molar-refractivity contribution is -0.140. The van der Waals surface area contributed by atoms with Gasteiger partial charge in [-0.15, -0.1) is 0 Å². The SMILES string of the molecule is CCC(C)NC(=O)C(CC)N(Cc1ccc(C)cc1)C(=O)CN(c1ccc(Cl)cc1)S(C)(=O)=O. The summed E-state index contributed by atoms with van der Waals surface area (Å²) < 4.78 is 26.2. The van der Waals surface area contributed by atoms with E-state index in [4.69, 9.17) is 11.6 Å². The number of benzene rings is 2. The first-order valence-corrected chi connectivity index (χ1v) is 13.6. The van der Waals surface area contributed by atoms with Gasteiger partial charge in [0.1, 0.15) is 12.6 Å². The second-order valence-electron chi connectivity index (χ2n) is 8.50. The Morgan fingerprint density at radius 3 is 2.09 bits per heavy atom. The molecule has 9 heteroatoms. The normalized spacial score (nSPS) is 13.1. The molecule has 0 fully saturated rings. The van der Waals surface area contributed by atoms with Crippen LogP contribution in [0.2, 0.25) is 5.02 Å². The van der Waals surface area contributed by atoms with E-state index < -0.39 is 28.5 Å². The van der Waals surface area contributed by atoms with Gasteiger partial charge in [0.15, 0.2) is 0 Å². The molecule has 0 heterocycles. The number of hydrogen-bond donors (Lipinski definition) is 1. The molecular weight excluding hydrogens is 474 g/mol. The van der Waals surface area contributed by atoms with Crippen LogP contribution < -0.4 is 9.62 Å². The average Bonchev–Trinajstić information content (AvgIpc) is 2.78. The summed E-state index contributed by atoms with van der Waals surface area (Å²) in [6, 6.07) is 13.1. The maximum absolute atomic E-state index is 13.6. The molecule has 0 aliphatic rings. The summed E-state index contributed by atoms with van der Waals surface area (Å²) in [6.45, 7) is 7.43. The monoisotopic (exact) mass is 507 g/mol. The van der Waals surface area contributed by atoms with Crippen LogP contribution in [-0.4, -0.2) is 50.0 Å². The highest BCUT2D eigenvalue weighted by molar-refractivity contribution is 7.92. The third-order valence-corrected chi connectivity index (χ3v) is 7.05. The van der Waals surface area contributed by atoms with Crippen molar-refractivity contribution in [2.75, 3.05) is 17.1 Å². The zero-order chi connectivity index (χ0) is 25.5. The largest absolute Gasteiger partial charge is 0.352 e. The molecule has 0 radical (unpaired) electrons. The van der Waals surface area contributed by atoms with Gasteiger partial charge in [0.2, 0.25) is 21.8 Å². The molecule has 2 amide bonds. The van der Waals surface area contributed by atoms with Crippen molar-refractivity contribution in [2.45, 2.75) is 59.2 Å². The zero-order valence-corrected chi connectivity index (χ0v) is 22.0. The summed E-state index contributed by atoms with van der Waals surface area (Å²) in [5, 5.41) is 3.41. The van der Waals surface area contributed by atoms with Crippen LogP contribution in [0.3, 0.4) is 0 Å². The van der Waals surface area contributed by atoms with E-state index in [1.165, 1.54) is 4.90 Å². The lowest BCUT2D eigenvalue weighted by Gasteiger charge is -2.33. The summed E-state index contributed by atoms with van der Waals surface area (Å²) in [7, 11) is -3.77. The average molecular weight is 508 g/mol. The van der Waals surface area contributed by atoms with Crippen molar-refractivity contribution >= 4 is 39.1 Å². The Kier molecular flexibility index (Phi) is 9.94. The summed E-state index contributed by atoms with van der Waals surface area (Å²) in [6.07, 6.45) is 2.19. The zero-order valence-electron chi connectivity index (χ0n) is 20.4. The number of halogens is 1. The second-order valence-corrected chi connectivity index (χ2v) is 10.8. The molecule has 0 spiro atoms. The van der Waals surface area contributed by atoms with Gasteiger partial charge in [-0.25, -0.2) is 8.42 Å². The number of rotatable bonds is 11. The Morgan fingerprint density at radius 1 is 1.00 bits per heavy atom. The lowest BCUT2D eigenvalue weighted by atomic mass is 10.1. The fourth-order valence-electron chi connectivity index (χ4n) is 3.47. The van der Waals surface area contributed by atoms with E-state index in [1.54, 1.807) is 24.3 Å². The highest BCUT2D eigenvalue weighted by atomic mass is 35.5. The van der Waals surface area contributed by atoms with Crippen molar-refractivity contribution in [3.05, 3.63) is 64.7 Å². The van der Waals surface area contributed by atoms with E-state index in [9.17, 15) is 18.0 Å². The van der Waals surface area contributed by atoms with Crippen molar-refractivity contribution in [1.29, 1.82) is 0 Å². The first kappa shape index (κ1) is 27.7. The number of carbonyl (C=O) groups is 2. The van der Waals surface area contributed by atoms with Crippen molar-refractivity contribution in [1.82, 2.24) is 10.2 Å². The molecule has 0 aromatic heterocycles. The fourth-order valence-corrected chi connectivity index (χ4v) is 4.45. The quantitative estimate of drug-likeness (QED) is 0.495. The molecule has 0 aliphatic carbocycles. The maximum Gasteiger partial charge on any atom is 0.244 e. The van der Waals surface area contributed by atoms with E-state index in [2.05, 4.69) is 5.32 Å². The van der Waals surface area contributed by atoms with Gasteiger partial charge in [0, 0.05) is 17.6 Å². The van der Waals surface area contributed by atoms with Crippen molar-refractivity contribution in [3.8, 4) is 0 Å². The van der Waals surface area contributed by atoms with E-state index >= 15 is 0 Å². The van der Waals surface area contributed by atoms with Crippen molar-refractivity contribution in [2.24, 2.45) is 0 Å². The van der Waals surface area contributed by atoms with Crippen molar-refractivity contribution < 1.29 is 18.0 Å². The first-order chi connectivity index (χ1) is 16.0. The Morgan fingerprint density at radius 2 is 1.59 bits per heavy atom. The van der Waals surface area contributed by atoms with E-state index in [0.717, 1.165) is 28.1 Å². The minimum atomic E-state index is -3.77. The minimum Gasteiger partial charge on any atom is -0.352 e. The van der Waals surface area contributed by atoms with Gasteiger partial charge in [-0.2, -0.15) is 0 Å². The first-order valence-electron chi connectivity index (χ1n) is 11.3. The highest BCUT2D eigenvalue weighted by Gasteiger charge is 2.32. The van der Waals surface area contributed by atoms with Gasteiger partial charge >= 0.3 is 0 Å². The number of aryl methyl sites for hydroxylation is 1. The molecule has 34 heavy (non-hydrogen) atoms. The Bertz CT molecular complexity index is 1070. The van der Waals surface area contributed by atoms with Gasteiger partial charge in [-0.1, -0.05) is 55.3 Å². The molecule has 2 rings (SSSR count). The van der Waals surface area contributed by atoms with Crippen LogP contribution in [0.25, 0.3) is 0 Å². The smallest absolute Gasteiger partial charge is 0.244 e. The number of anilines is 1. The van der Waals surface area contributed by atoms with E-state index in [0.29, 0.717) is 17.1 Å². The van der Waals surface area contributed by atoms with Crippen LogP contribution in [0.1, 0.15) is 44.7 Å². The summed E-state index contributed by atoms with van der Waals surface area (Å²) in [5.41, 5.74) is 2.26. The van der Waals surface area contributed by atoms with E-state index in [1.807, 2.05) is 52.0 Å². The number of amides is 2. The number of nitrogens with one attached hydrogen (secondary N) is 1. The molecule has 2 aromatic carbocycles. The summed E-state index contributed by atoms with van der Waals surface area (Å²) in [4.78, 5) is 28.1. The van der Waals surface area contributed by atoms with Gasteiger partial charge < -0.3 is 10.2 Å². The topological polar surface area (TPSA) is 86.8 Å².